The minimum absolute atomic E-state index is 0.0819. The molecule has 4 heterocycles. The van der Waals surface area contributed by atoms with Crippen molar-refractivity contribution in [3.8, 4) is 0 Å². The molecule has 0 amide bonds. The first kappa shape index (κ1) is 20.6. The van der Waals surface area contributed by atoms with E-state index in [2.05, 4.69) is 11.8 Å². The minimum atomic E-state index is -0.0819. The van der Waals surface area contributed by atoms with Crippen LogP contribution in [0, 0.1) is 19.8 Å². The lowest BCUT2D eigenvalue weighted by Crippen LogP contribution is -2.35. The summed E-state index contributed by atoms with van der Waals surface area (Å²) in [6.07, 6.45) is 5.95. The molecule has 7 heteroatoms. The molecule has 4 aromatic heterocycles. The molecule has 0 aliphatic heterocycles. The minimum Gasteiger partial charge on any atom is -0.289 e. The number of nitrogens with zero attached hydrogens (tertiary/aromatic N) is 5. The number of fused-ring (bicyclic) bond motifs is 2. The van der Waals surface area contributed by atoms with E-state index < -0.39 is 0 Å². The summed E-state index contributed by atoms with van der Waals surface area (Å²) < 4.78 is 3.14. The highest BCUT2D eigenvalue weighted by Gasteiger charge is 2.32. The number of hydrogen-bond acceptors (Lipinski definition) is 5. The highest BCUT2D eigenvalue weighted by Crippen LogP contribution is 2.36. The topological polar surface area (TPSA) is 72.0 Å². The van der Waals surface area contributed by atoms with E-state index in [0.717, 1.165) is 22.5 Å². The maximum absolute atomic E-state index is 12.6. The van der Waals surface area contributed by atoms with Gasteiger partial charge < -0.3 is 0 Å². The Morgan fingerprint density at radius 1 is 0.875 bits per heavy atom. The third-order valence-electron chi connectivity index (χ3n) is 6.36. The van der Waals surface area contributed by atoms with Crippen LogP contribution in [0.5, 0.6) is 0 Å². The van der Waals surface area contributed by atoms with Crippen LogP contribution < -0.4 is 11.1 Å². The van der Waals surface area contributed by atoms with Gasteiger partial charge in [0.1, 0.15) is 11.3 Å². The van der Waals surface area contributed by atoms with Gasteiger partial charge in [0.15, 0.2) is 0 Å². The number of hydrogen-bond donors (Lipinski definition) is 0. The maximum Gasteiger partial charge on any atom is 0.258 e. The van der Waals surface area contributed by atoms with E-state index in [1.54, 1.807) is 33.3 Å². The van der Waals surface area contributed by atoms with Crippen LogP contribution in [-0.2, 0) is 13.1 Å². The van der Waals surface area contributed by atoms with Crippen LogP contribution in [0.2, 0.25) is 0 Å². The molecule has 0 saturated heterocycles. The Bertz CT molecular complexity index is 1330. The van der Waals surface area contributed by atoms with Crippen molar-refractivity contribution in [2.24, 2.45) is 5.92 Å². The Morgan fingerprint density at radius 2 is 1.34 bits per heavy atom. The SMILES string of the molecule is Cc1ccn2c(=O)cc(CN(Cc3cc(=O)n4ccc(C)cc4n3)[C@H](C)C3CC3)nc2c1. The molecule has 1 aliphatic carbocycles. The lowest BCUT2D eigenvalue weighted by Gasteiger charge is -2.28. The van der Waals surface area contributed by atoms with Crippen molar-refractivity contribution < 1.29 is 0 Å². The van der Waals surface area contributed by atoms with E-state index in [9.17, 15) is 9.59 Å². The molecule has 1 aliphatic rings. The highest BCUT2D eigenvalue weighted by molar-refractivity contribution is 5.42. The summed E-state index contributed by atoms with van der Waals surface area (Å²) in [4.78, 5) is 37.1. The fourth-order valence-electron chi connectivity index (χ4n) is 4.31. The Labute approximate surface area is 186 Å². The average Bonchev–Trinajstić information content (AvgIpc) is 3.57. The van der Waals surface area contributed by atoms with Gasteiger partial charge in [-0.2, -0.15) is 0 Å². The largest absolute Gasteiger partial charge is 0.289 e. The van der Waals surface area contributed by atoms with E-state index in [1.165, 1.54) is 12.8 Å². The van der Waals surface area contributed by atoms with Crippen molar-refractivity contribution in [2.45, 2.75) is 52.7 Å². The summed E-state index contributed by atoms with van der Waals surface area (Å²) in [5, 5.41) is 0. The van der Waals surface area contributed by atoms with Crippen LogP contribution in [0.15, 0.2) is 58.4 Å². The van der Waals surface area contributed by atoms with Gasteiger partial charge >= 0.3 is 0 Å². The first-order valence-electron chi connectivity index (χ1n) is 11.1. The molecule has 1 atom stereocenters. The summed E-state index contributed by atoms with van der Waals surface area (Å²) >= 11 is 0. The standard InChI is InChI=1S/C25H27N5O2/c1-16-6-8-29-22(10-16)26-20(12-24(29)31)14-28(18(3)19-4-5-19)15-21-13-25(32)30-9-7-17(2)11-23(30)27-21/h6-13,18-19H,4-5,14-15H2,1-3H3/t18-/m1/s1. The second kappa shape index (κ2) is 7.98. The van der Waals surface area contributed by atoms with E-state index in [0.29, 0.717) is 36.3 Å². The van der Waals surface area contributed by atoms with Crippen molar-refractivity contribution in [1.82, 2.24) is 23.7 Å². The van der Waals surface area contributed by atoms with Crippen LogP contribution >= 0.6 is 0 Å². The van der Waals surface area contributed by atoms with Crippen LogP contribution in [0.1, 0.15) is 42.3 Å². The molecule has 1 saturated carbocycles. The summed E-state index contributed by atoms with van der Waals surface area (Å²) in [5.41, 5.74) is 4.75. The van der Waals surface area contributed by atoms with Gasteiger partial charge in [-0.05, 0) is 74.9 Å². The van der Waals surface area contributed by atoms with Crippen LogP contribution in [-0.4, -0.2) is 29.7 Å². The molecule has 32 heavy (non-hydrogen) atoms. The maximum atomic E-state index is 12.6. The van der Waals surface area contributed by atoms with Gasteiger partial charge in [0.05, 0.1) is 11.4 Å². The van der Waals surface area contributed by atoms with E-state index >= 15 is 0 Å². The van der Waals surface area contributed by atoms with Crippen molar-refractivity contribution in [3.05, 3.63) is 92.0 Å². The van der Waals surface area contributed by atoms with Gasteiger partial charge in [-0.3, -0.25) is 23.3 Å². The fourth-order valence-corrected chi connectivity index (χ4v) is 4.31. The zero-order chi connectivity index (χ0) is 22.4. The molecule has 4 aromatic rings. The number of aromatic nitrogens is 4. The Hall–Kier alpha value is -3.32. The summed E-state index contributed by atoms with van der Waals surface area (Å²) in [7, 11) is 0. The molecule has 1 fully saturated rings. The summed E-state index contributed by atoms with van der Waals surface area (Å²) in [6.45, 7) is 7.27. The number of pyridine rings is 2. The van der Waals surface area contributed by atoms with E-state index in [-0.39, 0.29) is 11.1 Å². The monoisotopic (exact) mass is 429 g/mol. The Kier molecular flexibility index (Phi) is 5.13. The molecule has 0 spiro atoms. The molecule has 164 valence electrons. The predicted octanol–water partition coefficient (Wildman–Crippen LogP) is 3.12. The van der Waals surface area contributed by atoms with Crippen LogP contribution in [0.3, 0.4) is 0 Å². The molecule has 7 nitrogen and oxygen atoms in total. The zero-order valence-electron chi connectivity index (χ0n) is 18.7. The van der Waals surface area contributed by atoms with Crippen LogP contribution in [0.4, 0.5) is 0 Å². The van der Waals surface area contributed by atoms with Gasteiger partial charge in [0, 0.05) is 43.7 Å². The molecule has 5 rings (SSSR count). The van der Waals surface area contributed by atoms with Crippen LogP contribution in [0.25, 0.3) is 11.3 Å². The second-order valence-electron chi connectivity index (χ2n) is 9.02. The lowest BCUT2D eigenvalue weighted by molar-refractivity contribution is 0.168. The van der Waals surface area contributed by atoms with Crippen molar-refractivity contribution >= 4 is 11.3 Å². The zero-order valence-corrected chi connectivity index (χ0v) is 18.7. The van der Waals surface area contributed by atoms with Gasteiger partial charge in [-0.25, -0.2) is 9.97 Å². The lowest BCUT2D eigenvalue weighted by atomic mass is 10.1. The average molecular weight is 430 g/mol. The Balaban J connectivity index is 1.50. The molecule has 0 N–H and O–H groups in total. The first-order chi connectivity index (χ1) is 15.4. The van der Waals surface area contributed by atoms with E-state index in [4.69, 9.17) is 9.97 Å². The van der Waals surface area contributed by atoms with Gasteiger partial charge in [-0.15, -0.1) is 0 Å². The molecule has 0 radical (unpaired) electrons. The summed E-state index contributed by atoms with van der Waals surface area (Å²) in [6, 6.07) is 11.2. The number of rotatable bonds is 6. The molecule has 0 aromatic carbocycles. The van der Waals surface area contributed by atoms with Crippen molar-refractivity contribution in [3.63, 3.8) is 0 Å². The predicted molar refractivity (Wildman–Crippen MR) is 124 cm³/mol. The number of aryl methyl sites for hydroxylation is 2. The van der Waals surface area contributed by atoms with E-state index in [1.807, 2.05) is 38.1 Å². The third kappa shape index (κ3) is 4.08. The summed E-state index contributed by atoms with van der Waals surface area (Å²) in [5.74, 6) is 0.627. The van der Waals surface area contributed by atoms with Gasteiger partial charge in [-0.1, -0.05) is 0 Å². The molecular weight excluding hydrogens is 402 g/mol. The van der Waals surface area contributed by atoms with Crippen molar-refractivity contribution in [1.29, 1.82) is 0 Å². The highest BCUT2D eigenvalue weighted by atomic mass is 16.1. The van der Waals surface area contributed by atoms with Gasteiger partial charge in [0.2, 0.25) is 0 Å². The quantitative estimate of drug-likeness (QED) is 0.471. The van der Waals surface area contributed by atoms with Gasteiger partial charge in [0.25, 0.3) is 11.1 Å². The molecule has 0 bridgehead atoms. The first-order valence-corrected chi connectivity index (χ1v) is 11.1. The third-order valence-corrected chi connectivity index (χ3v) is 6.36. The molecular formula is C25H27N5O2. The Morgan fingerprint density at radius 3 is 1.78 bits per heavy atom. The molecule has 0 unspecified atom stereocenters. The van der Waals surface area contributed by atoms with Crippen molar-refractivity contribution in [2.75, 3.05) is 0 Å². The second-order valence-corrected chi connectivity index (χ2v) is 9.02. The normalized spacial score (nSPS) is 15.0. The fraction of sp³-hybridized carbons (Fsp3) is 0.360. The smallest absolute Gasteiger partial charge is 0.258 e.